The first kappa shape index (κ1) is 31.9. The summed E-state index contributed by atoms with van der Waals surface area (Å²) in [6, 6.07) is 2.49. The highest BCUT2D eigenvalue weighted by Crippen LogP contribution is 2.42. The molecule has 2 aliphatic carbocycles. The Bertz CT molecular complexity index is 409. The zero-order valence-electron chi connectivity index (χ0n) is 24.3. The van der Waals surface area contributed by atoms with E-state index in [1.807, 2.05) is 55.4 Å². The van der Waals surface area contributed by atoms with E-state index in [2.05, 4.69) is 35.9 Å². The normalized spacial score (nSPS) is 34.5. The van der Waals surface area contributed by atoms with Crippen molar-refractivity contribution in [1.82, 2.24) is 14.9 Å². The Morgan fingerprint density at radius 3 is 1.81 bits per heavy atom. The van der Waals surface area contributed by atoms with E-state index in [1.165, 1.54) is 77.3 Å². The van der Waals surface area contributed by atoms with Gasteiger partial charge in [0.25, 0.3) is 0 Å². The van der Waals surface area contributed by atoms with E-state index in [1.54, 1.807) is 0 Å². The van der Waals surface area contributed by atoms with E-state index in [-0.39, 0.29) is 0 Å². The van der Waals surface area contributed by atoms with Gasteiger partial charge in [-0.05, 0) is 69.9 Å². The number of fused-ring (bicyclic) bond motifs is 2. The van der Waals surface area contributed by atoms with Crippen molar-refractivity contribution >= 4 is 0 Å². The van der Waals surface area contributed by atoms with Crippen molar-refractivity contribution in [2.24, 2.45) is 17.8 Å². The monoisotopic (exact) mass is 454 g/mol. The second-order valence-corrected chi connectivity index (χ2v) is 9.37. The fourth-order valence-corrected chi connectivity index (χ4v) is 6.86. The Morgan fingerprint density at radius 1 is 0.594 bits per heavy atom. The lowest BCUT2D eigenvalue weighted by atomic mass is 9.72. The van der Waals surface area contributed by atoms with Gasteiger partial charge in [-0.3, -0.25) is 0 Å². The highest BCUT2D eigenvalue weighted by molar-refractivity contribution is 4.96. The summed E-state index contributed by atoms with van der Waals surface area (Å²) in [6.45, 7) is 21.1. The van der Waals surface area contributed by atoms with Gasteiger partial charge in [0.15, 0.2) is 0 Å². The van der Waals surface area contributed by atoms with Gasteiger partial charge in [-0.15, -0.1) is 0 Å². The maximum atomic E-state index is 2.85. The molecule has 4 aliphatic rings. The van der Waals surface area contributed by atoms with E-state index in [9.17, 15) is 0 Å². The van der Waals surface area contributed by atoms with Crippen LogP contribution in [-0.2, 0) is 0 Å². The van der Waals surface area contributed by atoms with E-state index in [4.69, 9.17) is 0 Å². The molecular weight excluding hydrogens is 390 g/mol. The van der Waals surface area contributed by atoms with Crippen LogP contribution in [0.3, 0.4) is 0 Å². The van der Waals surface area contributed by atoms with Crippen LogP contribution in [0.25, 0.3) is 0 Å². The zero-order valence-corrected chi connectivity index (χ0v) is 24.3. The minimum absolute atomic E-state index is 0.794. The van der Waals surface area contributed by atoms with Crippen molar-refractivity contribution in [2.75, 3.05) is 27.2 Å². The standard InChI is InChI=1S/C21H39N3.4C2H6/c1-16-8-6-12-21-17(16)10-7-14-24(21)23(3)20-13-15-22(2)19-11-5-4-9-18(19)20;4*1-2/h16-21H,4-15H2,1-3H3;4*1-2H3. The summed E-state index contributed by atoms with van der Waals surface area (Å²) in [6.07, 6.45) is 14.4. The minimum atomic E-state index is 0.794. The second-order valence-electron chi connectivity index (χ2n) is 9.37. The van der Waals surface area contributed by atoms with Crippen molar-refractivity contribution in [3.05, 3.63) is 0 Å². The zero-order chi connectivity index (χ0) is 24.7. The van der Waals surface area contributed by atoms with E-state index >= 15 is 0 Å². The summed E-state index contributed by atoms with van der Waals surface area (Å²) in [5.41, 5.74) is 0. The predicted octanol–water partition coefficient (Wildman–Crippen LogP) is 8.10. The Morgan fingerprint density at radius 2 is 1.16 bits per heavy atom. The van der Waals surface area contributed by atoms with Gasteiger partial charge in [0.1, 0.15) is 0 Å². The number of hydrogen-bond acceptors (Lipinski definition) is 3. The van der Waals surface area contributed by atoms with Crippen LogP contribution in [0, 0.1) is 17.8 Å². The summed E-state index contributed by atoms with van der Waals surface area (Å²) in [4.78, 5) is 2.68. The van der Waals surface area contributed by atoms with Crippen LogP contribution < -0.4 is 0 Å². The van der Waals surface area contributed by atoms with Gasteiger partial charge in [-0.1, -0.05) is 88.0 Å². The Labute approximate surface area is 204 Å². The first-order chi connectivity index (χ1) is 15.7. The molecular formula is C29H63N3. The van der Waals surface area contributed by atoms with Gasteiger partial charge in [-0.2, -0.15) is 0 Å². The maximum absolute atomic E-state index is 2.85. The lowest BCUT2D eigenvalue weighted by Crippen LogP contribution is -2.63. The average molecular weight is 454 g/mol. The number of nitrogens with zero attached hydrogens (tertiary/aromatic N) is 3. The molecule has 4 rings (SSSR count). The number of hydrogen-bond donors (Lipinski definition) is 0. The number of likely N-dealkylation sites (tertiary alicyclic amines) is 1. The van der Waals surface area contributed by atoms with Gasteiger partial charge >= 0.3 is 0 Å². The van der Waals surface area contributed by atoms with Crippen molar-refractivity contribution in [3.8, 4) is 0 Å². The summed E-state index contributed by atoms with van der Waals surface area (Å²) in [5.74, 6) is 2.81. The van der Waals surface area contributed by atoms with E-state index < -0.39 is 0 Å². The SMILES string of the molecule is CC.CC.CC.CC.CC1CCCC2C1CCCN2N(C)C1CCN(C)C2CCCCC21. The molecule has 2 saturated heterocycles. The summed E-state index contributed by atoms with van der Waals surface area (Å²) in [5, 5.41) is 5.62. The summed E-state index contributed by atoms with van der Waals surface area (Å²) >= 11 is 0. The first-order valence-electron chi connectivity index (χ1n) is 14.9. The van der Waals surface area contributed by atoms with E-state index in [0.29, 0.717) is 0 Å². The third-order valence-electron chi connectivity index (χ3n) is 8.20. The van der Waals surface area contributed by atoms with Gasteiger partial charge in [0.05, 0.1) is 0 Å². The molecule has 3 nitrogen and oxygen atoms in total. The van der Waals surface area contributed by atoms with Crippen molar-refractivity contribution < 1.29 is 0 Å². The third kappa shape index (κ3) is 7.98. The van der Waals surface area contributed by atoms with Crippen LogP contribution in [-0.4, -0.2) is 60.2 Å². The van der Waals surface area contributed by atoms with Crippen LogP contribution in [0.1, 0.15) is 127 Å². The smallest absolute Gasteiger partial charge is 0.0298 e. The molecule has 194 valence electrons. The lowest BCUT2D eigenvalue weighted by molar-refractivity contribution is -0.153. The molecule has 0 amide bonds. The molecule has 2 saturated carbocycles. The van der Waals surface area contributed by atoms with Crippen molar-refractivity contribution in [3.63, 3.8) is 0 Å². The molecule has 2 heterocycles. The fraction of sp³-hybridized carbons (Fsp3) is 1.00. The fourth-order valence-electron chi connectivity index (χ4n) is 6.86. The minimum Gasteiger partial charge on any atom is -0.303 e. The molecule has 0 spiro atoms. The largest absolute Gasteiger partial charge is 0.303 e. The molecule has 0 radical (unpaired) electrons. The van der Waals surface area contributed by atoms with E-state index in [0.717, 1.165) is 35.9 Å². The molecule has 6 unspecified atom stereocenters. The third-order valence-corrected chi connectivity index (χ3v) is 8.20. The van der Waals surface area contributed by atoms with Crippen molar-refractivity contribution in [2.45, 2.75) is 145 Å². The number of hydrazine groups is 1. The Hall–Kier alpha value is -0.120. The molecule has 32 heavy (non-hydrogen) atoms. The molecule has 3 heteroatoms. The predicted molar refractivity (Wildman–Crippen MR) is 146 cm³/mol. The first-order valence-corrected chi connectivity index (χ1v) is 14.9. The number of piperidine rings is 2. The molecule has 0 aromatic heterocycles. The van der Waals surface area contributed by atoms with Gasteiger partial charge in [-0.25, -0.2) is 10.0 Å². The molecule has 0 N–H and O–H groups in total. The Kier molecular flexibility index (Phi) is 18.2. The topological polar surface area (TPSA) is 9.72 Å². The second kappa shape index (κ2) is 18.2. The van der Waals surface area contributed by atoms with Crippen LogP contribution in [0.2, 0.25) is 0 Å². The summed E-state index contributed by atoms with van der Waals surface area (Å²) in [7, 11) is 4.82. The highest BCUT2D eigenvalue weighted by atomic mass is 15.6. The highest BCUT2D eigenvalue weighted by Gasteiger charge is 2.44. The van der Waals surface area contributed by atoms with Crippen LogP contribution in [0.5, 0.6) is 0 Å². The van der Waals surface area contributed by atoms with Crippen LogP contribution in [0.15, 0.2) is 0 Å². The summed E-state index contributed by atoms with van der Waals surface area (Å²) < 4.78 is 0. The van der Waals surface area contributed by atoms with Crippen LogP contribution >= 0.6 is 0 Å². The number of rotatable bonds is 2. The maximum Gasteiger partial charge on any atom is 0.0298 e. The molecule has 0 bridgehead atoms. The molecule has 6 atom stereocenters. The average Bonchev–Trinajstić information content (AvgIpc) is 2.89. The van der Waals surface area contributed by atoms with Gasteiger partial charge in [0.2, 0.25) is 0 Å². The van der Waals surface area contributed by atoms with Gasteiger partial charge < -0.3 is 4.90 Å². The molecule has 4 fully saturated rings. The van der Waals surface area contributed by atoms with Gasteiger partial charge in [0, 0.05) is 31.7 Å². The van der Waals surface area contributed by atoms with Crippen molar-refractivity contribution in [1.29, 1.82) is 0 Å². The molecule has 0 aromatic rings. The van der Waals surface area contributed by atoms with Crippen LogP contribution in [0.4, 0.5) is 0 Å². The molecule has 2 aliphatic heterocycles. The quantitative estimate of drug-likeness (QED) is 0.418. The lowest BCUT2D eigenvalue weighted by Gasteiger charge is -2.56. The Balaban J connectivity index is 0.00000109. The molecule has 0 aromatic carbocycles.